The Labute approximate surface area is 93.9 Å². The van der Waals surface area contributed by atoms with Gasteiger partial charge in [-0.15, -0.1) is 10.3 Å². The summed E-state index contributed by atoms with van der Waals surface area (Å²) in [5, 5.41) is 0. The Kier molecular flexibility index (Phi) is 5.52. The Hall–Kier alpha value is -0.0400. The highest BCUT2D eigenvalue weighted by Gasteiger charge is 2.56. The van der Waals surface area contributed by atoms with Gasteiger partial charge in [0.25, 0.3) is 0 Å². The molecule has 0 saturated carbocycles. The molecule has 0 unspecified atom stereocenters. The quantitative estimate of drug-likeness (QED) is 0.523. The lowest BCUT2D eigenvalue weighted by Gasteiger charge is -2.29. The van der Waals surface area contributed by atoms with E-state index in [0.717, 1.165) is 5.75 Å². The second-order valence-corrected chi connectivity index (χ2v) is 7.54. The van der Waals surface area contributed by atoms with E-state index in [4.69, 9.17) is 4.18 Å². The monoisotopic (exact) mass is 268 g/mol. The van der Waals surface area contributed by atoms with Gasteiger partial charge in [0.15, 0.2) is 0 Å². The Morgan fingerprint density at radius 1 is 1.06 bits per heavy atom. The second-order valence-electron chi connectivity index (χ2n) is 3.85. The van der Waals surface area contributed by atoms with Crippen LogP contribution in [0, 0.1) is 0 Å². The lowest BCUT2D eigenvalue weighted by atomic mass is 10.2. The predicted molar refractivity (Wildman–Crippen MR) is 56.2 cm³/mol. The van der Waals surface area contributed by atoms with Crippen molar-refractivity contribution >= 4 is 10.3 Å². The van der Waals surface area contributed by atoms with E-state index in [0.29, 0.717) is 0 Å². The molecule has 0 amide bonds. The molecule has 0 fully saturated rings. The molecule has 1 nitrogen and oxygen atoms in total. The topological polar surface area (TPSA) is 9.23 Å². The van der Waals surface area contributed by atoms with Crippen LogP contribution in [-0.2, 0) is 4.18 Å². The van der Waals surface area contributed by atoms with E-state index in [1.54, 1.807) is 0 Å². The minimum Gasteiger partial charge on any atom is -0.337 e. The fourth-order valence-electron chi connectivity index (χ4n) is 0.804. The van der Waals surface area contributed by atoms with E-state index in [-0.39, 0.29) is 13.0 Å². The number of alkyl halides is 5. The van der Waals surface area contributed by atoms with Crippen LogP contribution in [0.25, 0.3) is 0 Å². The SMILES string of the molecule is CCS(C)(C)OCCCC(F)(F)C(F)(F)F. The molecular formula is C9H17F5OS. The predicted octanol–water partition coefficient (Wildman–Crippen LogP) is 3.98. The molecule has 0 radical (unpaired) electrons. The van der Waals surface area contributed by atoms with Gasteiger partial charge in [0.05, 0.1) is 6.61 Å². The summed E-state index contributed by atoms with van der Waals surface area (Å²) in [4.78, 5) is 0. The molecule has 0 atom stereocenters. The van der Waals surface area contributed by atoms with Gasteiger partial charge in [0.2, 0.25) is 0 Å². The summed E-state index contributed by atoms with van der Waals surface area (Å²) in [5.41, 5.74) is 0. The van der Waals surface area contributed by atoms with Crippen molar-refractivity contribution in [3.63, 3.8) is 0 Å². The Balaban J connectivity index is 3.92. The van der Waals surface area contributed by atoms with Crippen LogP contribution in [0.4, 0.5) is 22.0 Å². The Morgan fingerprint density at radius 2 is 1.56 bits per heavy atom. The van der Waals surface area contributed by atoms with Crippen LogP contribution >= 0.6 is 10.3 Å². The molecule has 0 aliphatic heterocycles. The van der Waals surface area contributed by atoms with Crippen molar-refractivity contribution in [3.8, 4) is 0 Å². The molecule has 0 aliphatic carbocycles. The minimum absolute atomic E-state index is 0.0537. The van der Waals surface area contributed by atoms with E-state index in [1.807, 2.05) is 19.4 Å². The van der Waals surface area contributed by atoms with Gasteiger partial charge in [0.1, 0.15) is 0 Å². The van der Waals surface area contributed by atoms with Gasteiger partial charge < -0.3 is 4.18 Å². The molecule has 0 saturated heterocycles. The minimum atomic E-state index is -5.46. The van der Waals surface area contributed by atoms with Crippen LogP contribution in [0.5, 0.6) is 0 Å². The zero-order valence-electron chi connectivity index (χ0n) is 9.53. The molecule has 0 aliphatic rings. The fourth-order valence-corrected chi connectivity index (χ4v) is 1.54. The standard InChI is InChI=1S/C9H17F5OS/c1-4-16(2,3)15-7-5-6-8(10,11)9(12,13)14/h4-7H2,1-3H3. The highest BCUT2D eigenvalue weighted by Crippen LogP contribution is 2.42. The summed E-state index contributed by atoms with van der Waals surface area (Å²) in [7, 11) is -1.30. The van der Waals surface area contributed by atoms with Gasteiger partial charge in [-0.3, -0.25) is 0 Å². The van der Waals surface area contributed by atoms with Crippen molar-refractivity contribution in [2.24, 2.45) is 0 Å². The van der Waals surface area contributed by atoms with Crippen molar-refractivity contribution in [3.05, 3.63) is 0 Å². The van der Waals surface area contributed by atoms with Crippen LogP contribution in [0.1, 0.15) is 19.8 Å². The van der Waals surface area contributed by atoms with Crippen molar-refractivity contribution < 1.29 is 26.1 Å². The van der Waals surface area contributed by atoms with Crippen LogP contribution in [0.15, 0.2) is 0 Å². The molecule has 0 aromatic rings. The largest absolute Gasteiger partial charge is 0.453 e. The molecule has 16 heavy (non-hydrogen) atoms. The average molecular weight is 268 g/mol. The van der Waals surface area contributed by atoms with E-state index in [2.05, 4.69) is 0 Å². The fraction of sp³-hybridized carbons (Fsp3) is 1.00. The maximum absolute atomic E-state index is 12.5. The number of hydrogen-bond donors (Lipinski definition) is 0. The van der Waals surface area contributed by atoms with Gasteiger partial charge in [-0.2, -0.15) is 22.0 Å². The van der Waals surface area contributed by atoms with Gasteiger partial charge in [-0.05, 0) is 24.7 Å². The molecular weight excluding hydrogens is 251 g/mol. The number of halogens is 5. The first-order valence-electron chi connectivity index (χ1n) is 4.82. The van der Waals surface area contributed by atoms with Gasteiger partial charge >= 0.3 is 12.1 Å². The third-order valence-corrected chi connectivity index (χ3v) is 4.34. The van der Waals surface area contributed by atoms with Crippen LogP contribution < -0.4 is 0 Å². The lowest BCUT2D eigenvalue weighted by Crippen LogP contribution is -2.36. The van der Waals surface area contributed by atoms with E-state index >= 15 is 0 Å². The smallest absolute Gasteiger partial charge is 0.337 e. The van der Waals surface area contributed by atoms with Crippen LogP contribution in [-0.4, -0.2) is 37.0 Å². The summed E-state index contributed by atoms with van der Waals surface area (Å²) in [6, 6.07) is 0. The zero-order chi connectivity index (χ0) is 13.0. The maximum atomic E-state index is 12.5. The summed E-state index contributed by atoms with van der Waals surface area (Å²) in [6.45, 7) is 1.83. The molecule has 0 bridgehead atoms. The van der Waals surface area contributed by atoms with Gasteiger partial charge in [-0.25, -0.2) is 0 Å². The summed E-state index contributed by atoms with van der Waals surface area (Å²) in [6.07, 6.45) is -3.28. The normalized spacial score (nSPS) is 15.2. The van der Waals surface area contributed by atoms with Gasteiger partial charge in [0, 0.05) is 6.42 Å². The van der Waals surface area contributed by atoms with Crippen molar-refractivity contribution in [2.75, 3.05) is 24.9 Å². The molecule has 0 aromatic heterocycles. The molecule has 0 rings (SSSR count). The number of hydrogen-bond acceptors (Lipinski definition) is 1. The van der Waals surface area contributed by atoms with E-state index < -0.39 is 28.8 Å². The zero-order valence-corrected chi connectivity index (χ0v) is 10.4. The third-order valence-electron chi connectivity index (χ3n) is 2.15. The summed E-state index contributed by atoms with van der Waals surface area (Å²) >= 11 is 0. The Bertz CT molecular complexity index is 214. The molecule has 100 valence electrons. The van der Waals surface area contributed by atoms with Gasteiger partial charge in [-0.1, -0.05) is 6.92 Å². The van der Waals surface area contributed by atoms with E-state index in [1.165, 1.54) is 0 Å². The Morgan fingerprint density at radius 3 is 1.94 bits per heavy atom. The third kappa shape index (κ3) is 5.34. The number of rotatable bonds is 6. The lowest BCUT2D eigenvalue weighted by molar-refractivity contribution is -0.284. The summed E-state index contributed by atoms with van der Waals surface area (Å²) in [5.74, 6) is -3.86. The van der Waals surface area contributed by atoms with Crippen LogP contribution in [0.3, 0.4) is 0 Å². The second kappa shape index (κ2) is 5.53. The average Bonchev–Trinajstić information content (AvgIpc) is 2.11. The first-order chi connectivity index (χ1) is 7.02. The molecule has 0 aromatic carbocycles. The molecule has 0 heterocycles. The molecule has 0 N–H and O–H groups in total. The summed E-state index contributed by atoms with van der Waals surface area (Å²) < 4.78 is 65.5. The van der Waals surface area contributed by atoms with Crippen molar-refractivity contribution in [2.45, 2.75) is 31.9 Å². The van der Waals surface area contributed by atoms with Crippen molar-refractivity contribution in [1.82, 2.24) is 0 Å². The van der Waals surface area contributed by atoms with Crippen molar-refractivity contribution in [1.29, 1.82) is 0 Å². The first-order valence-corrected chi connectivity index (χ1v) is 7.36. The van der Waals surface area contributed by atoms with E-state index in [9.17, 15) is 22.0 Å². The maximum Gasteiger partial charge on any atom is 0.453 e. The highest BCUT2D eigenvalue weighted by molar-refractivity contribution is 8.28. The first kappa shape index (κ1) is 16.0. The molecule has 7 heteroatoms. The van der Waals surface area contributed by atoms with Crippen LogP contribution in [0.2, 0.25) is 0 Å². The molecule has 0 spiro atoms. The highest BCUT2D eigenvalue weighted by atomic mass is 32.3.